The van der Waals surface area contributed by atoms with Crippen LogP contribution in [0.25, 0.3) is 11.1 Å². The number of benzene rings is 1. The summed E-state index contributed by atoms with van der Waals surface area (Å²) in [6.07, 6.45) is 3.69. The summed E-state index contributed by atoms with van der Waals surface area (Å²) in [6, 6.07) is 16.1. The minimum atomic E-state index is 0.0511. The lowest BCUT2D eigenvalue weighted by Crippen LogP contribution is -2.39. The van der Waals surface area contributed by atoms with Crippen LogP contribution in [-0.2, 0) is 0 Å². The third-order valence-electron chi connectivity index (χ3n) is 5.68. The number of carbonyl (C=O) groups is 1. The van der Waals surface area contributed by atoms with Gasteiger partial charge in [-0.3, -0.25) is 14.8 Å². The van der Waals surface area contributed by atoms with Crippen LogP contribution in [0.5, 0.6) is 5.75 Å². The summed E-state index contributed by atoms with van der Waals surface area (Å²) in [5.74, 6) is 1.13. The smallest absolute Gasteiger partial charge is 0.255 e. The van der Waals surface area contributed by atoms with Crippen molar-refractivity contribution >= 4 is 5.91 Å². The number of piperidine rings is 1. The number of rotatable bonds is 4. The molecule has 3 aromatic rings. The van der Waals surface area contributed by atoms with E-state index in [9.17, 15) is 4.79 Å². The van der Waals surface area contributed by atoms with Crippen molar-refractivity contribution in [1.29, 1.82) is 0 Å². The van der Waals surface area contributed by atoms with Crippen LogP contribution in [-0.4, -0.2) is 41.0 Å². The molecular weight excluding hydrogens is 374 g/mol. The molecule has 2 aromatic heterocycles. The summed E-state index contributed by atoms with van der Waals surface area (Å²) in [4.78, 5) is 24.0. The van der Waals surface area contributed by atoms with Crippen LogP contribution >= 0.6 is 0 Å². The highest BCUT2D eigenvalue weighted by atomic mass is 16.5. The summed E-state index contributed by atoms with van der Waals surface area (Å²) >= 11 is 0. The Labute approximate surface area is 177 Å². The lowest BCUT2D eigenvalue weighted by molar-refractivity contribution is 0.0705. The molecule has 30 heavy (non-hydrogen) atoms. The summed E-state index contributed by atoms with van der Waals surface area (Å²) in [5.41, 5.74) is 5.89. The molecule has 0 N–H and O–H groups in total. The van der Waals surface area contributed by atoms with Gasteiger partial charge in [0.25, 0.3) is 5.91 Å². The van der Waals surface area contributed by atoms with Crippen LogP contribution in [0.3, 0.4) is 0 Å². The number of pyridine rings is 2. The number of methoxy groups -OCH3 is 1. The van der Waals surface area contributed by atoms with Crippen LogP contribution in [0, 0.1) is 13.8 Å². The third-order valence-corrected chi connectivity index (χ3v) is 5.68. The number of ether oxygens (including phenoxy) is 1. The van der Waals surface area contributed by atoms with Crippen LogP contribution < -0.4 is 4.74 Å². The molecule has 0 aliphatic carbocycles. The fourth-order valence-electron chi connectivity index (χ4n) is 4.03. The molecule has 1 aliphatic heterocycles. The molecule has 0 saturated carbocycles. The Morgan fingerprint density at radius 2 is 1.83 bits per heavy atom. The van der Waals surface area contributed by atoms with E-state index in [1.54, 1.807) is 13.3 Å². The van der Waals surface area contributed by atoms with Crippen LogP contribution in [0.4, 0.5) is 0 Å². The van der Waals surface area contributed by atoms with Gasteiger partial charge in [0, 0.05) is 42.3 Å². The number of carbonyl (C=O) groups excluding carboxylic acids is 1. The summed E-state index contributed by atoms with van der Waals surface area (Å²) in [5, 5.41) is 0. The molecule has 1 amide bonds. The van der Waals surface area contributed by atoms with Crippen molar-refractivity contribution in [2.24, 2.45) is 0 Å². The SMILES string of the molecule is COc1ccc(-c2cc(C)nc([C@@H]3CCCN(C(=O)c4ccc(C)nc4)C3)c2)cc1. The second kappa shape index (κ2) is 8.66. The van der Waals surface area contributed by atoms with Gasteiger partial charge in [-0.05, 0) is 74.2 Å². The quantitative estimate of drug-likeness (QED) is 0.631. The minimum absolute atomic E-state index is 0.0511. The van der Waals surface area contributed by atoms with Crippen molar-refractivity contribution in [2.45, 2.75) is 32.6 Å². The Hall–Kier alpha value is -3.21. The molecule has 154 valence electrons. The number of aromatic nitrogens is 2. The molecule has 3 heterocycles. The Morgan fingerprint density at radius 3 is 2.53 bits per heavy atom. The van der Waals surface area contributed by atoms with E-state index in [2.05, 4.69) is 29.2 Å². The highest BCUT2D eigenvalue weighted by molar-refractivity contribution is 5.94. The van der Waals surface area contributed by atoms with E-state index in [4.69, 9.17) is 9.72 Å². The van der Waals surface area contributed by atoms with E-state index < -0.39 is 0 Å². The molecule has 5 heteroatoms. The standard InChI is InChI=1S/C25H27N3O2/c1-17-6-7-20(15-26-17)25(29)28-12-4-5-21(16-28)24-14-22(13-18(2)27-24)19-8-10-23(30-3)11-9-19/h6-11,13-15,21H,4-5,12,16H2,1-3H3/t21-/m1/s1. The zero-order valence-corrected chi connectivity index (χ0v) is 17.8. The Bertz CT molecular complexity index is 1030. The second-order valence-corrected chi connectivity index (χ2v) is 7.93. The van der Waals surface area contributed by atoms with E-state index in [0.29, 0.717) is 12.1 Å². The average Bonchev–Trinajstić information content (AvgIpc) is 2.79. The van der Waals surface area contributed by atoms with Crippen LogP contribution in [0.15, 0.2) is 54.7 Å². The van der Waals surface area contributed by atoms with Gasteiger partial charge in [-0.15, -0.1) is 0 Å². The van der Waals surface area contributed by atoms with E-state index >= 15 is 0 Å². The predicted octanol–water partition coefficient (Wildman–Crippen LogP) is 4.79. The maximum atomic E-state index is 13.0. The number of amides is 1. The van der Waals surface area contributed by atoms with Gasteiger partial charge in [-0.2, -0.15) is 0 Å². The maximum Gasteiger partial charge on any atom is 0.255 e. The van der Waals surface area contributed by atoms with Gasteiger partial charge in [0.1, 0.15) is 5.75 Å². The van der Waals surface area contributed by atoms with Crippen molar-refractivity contribution in [2.75, 3.05) is 20.2 Å². The van der Waals surface area contributed by atoms with Gasteiger partial charge in [-0.25, -0.2) is 0 Å². The molecule has 4 rings (SSSR count). The van der Waals surface area contributed by atoms with E-state index in [-0.39, 0.29) is 11.8 Å². The number of aryl methyl sites for hydroxylation is 2. The largest absolute Gasteiger partial charge is 0.497 e. The molecular formula is C25H27N3O2. The predicted molar refractivity (Wildman–Crippen MR) is 118 cm³/mol. The molecule has 1 aliphatic rings. The zero-order chi connectivity index (χ0) is 21.1. The van der Waals surface area contributed by atoms with Crippen molar-refractivity contribution in [1.82, 2.24) is 14.9 Å². The second-order valence-electron chi connectivity index (χ2n) is 7.93. The van der Waals surface area contributed by atoms with Crippen LogP contribution in [0.1, 0.15) is 46.2 Å². The van der Waals surface area contributed by atoms with E-state index in [1.807, 2.05) is 43.0 Å². The molecule has 1 aromatic carbocycles. The first-order valence-electron chi connectivity index (χ1n) is 10.4. The fraction of sp³-hybridized carbons (Fsp3) is 0.320. The maximum absolute atomic E-state index is 13.0. The fourth-order valence-corrected chi connectivity index (χ4v) is 4.03. The topological polar surface area (TPSA) is 55.3 Å². The van der Waals surface area contributed by atoms with Crippen molar-refractivity contribution < 1.29 is 9.53 Å². The highest BCUT2D eigenvalue weighted by Crippen LogP contribution is 2.30. The molecule has 1 fully saturated rings. The van der Waals surface area contributed by atoms with Crippen molar-refractivity contribution in [3.63, 3.8) is 0 Å². The molecule has 1 atom stereocenters. The lowest BCUT2D eigenvalue weighted by atomic mass is 9.92. The third kappa shape index (κ3) is 4.35. The van der Waals surface area contributed by atoms with Gasteiger partial charge in [0.05, 0.1) is 12.7 Å². The minimum Gasteiger partial charge on any atom is -0.497 e. The van der Waals surface area contributed by atoms with Gasteiger partial charge >= 0.3 is 0 Å². The Balaban J connectivity index is 1.56. The highest BCUT2D eigenvalue weighted by Gasteiger charge is 2.27. The summed E-state index contributed by atoms with van der Waals surface area (Å²) < 4.78 is 5.27. The Kier molecular flexibility index (Phi) is 5.79. The van der Waals surface area contributed by atoms with E-state index in [1.165, 1.54) is 0 Å². The van der Waals surface area contributed by atoms with Gasteiger partial charge in [0.15, 0.2) is 0 Å². The van der Waals surface area contributed by atoms with Crippen molar-refractivity contribution in [3.05, 3.63) is 77.4 Å². The summed E-state index contributed by atoms with van der Waals surface area (Å²) in [7, 11) is 1.67. The zero-order valence-electron chi connectivity index (χ0n) is 17.8. The Morgan fingerprint density at radius 1 is 1.03 bits per heavy atom. The van der Waals surface area contributed by atoms with Crippen molar-refractivity contribution in [3.8, 4) is 16.9 Å². The number of likely N-dealkylation sites (tertiary alicyclic amines) is 1. The average molecular weight is 402 g/mol. The first-order valence-corrected chi connectivity index (χ1v) is 10.4. The first kappa shape index (κ1) is 20.1. The molecule has 0 unspecified atom stereocenters. The molecule has 0 spiro atoms. The van der Waals surface area contributed by atoms with E-state index in [0.717, 1.165) is 53.3 Å². The summed E-state index contributed by atoms with van der Waals surface area (Å²) in [6.45, 7) is 5.42. The molecule has 1 saturated heterocycles. The molecule has 0 radical (unpaired) electrons. The lowest BCUT2D eigenvalue weighted by Gasteiger charge is -2.33. The molecule has 5 nitrogen and oxygen atoms in total. The van der Waals surface area contributed by atoms with Crippen LogP contribution in [0.2, 0.25) is 0 Å². The first-order chi connectivity index (χ1) is 14.5. The van der Waals surface area contributed by atoms with Gasteiger partial charge < -0.3 is 9.64 Å². The molecule has 0 bridgehead atoms. The normalized spacial score (nSPS) is 16.4. The number of hydrogen-bond donors (Lipinski definition) is 0. The van der Waals surface area contributed by atoms with Gasteiger partial charge in [0.2, 0.25) is 0 Å². The number of nitrogens with zero attached hydrogens (tertiary/aromatic N) is 3. The number of hydrogen-bond acceptors (Lipinski definition) is 4. The van der Waals surface area contributed by atoms with Gasteiger partial charge in [-0.1, -0.05) is 12.1 Å². The monoisotopic (exact) mass is 401 g/mol.